The van der Waals surface area contributed by atoms with Crippen LogP contribution in [-0.4, -0.2) is 48.1 Å². The quantitative estimate of drug-likeness (QED) is 0.852. The number of nitrogens with zero attached hydrogens (tertiary/aromatic N) is 2. The molecule has 2 fully saturated rings. The molecule has 0 amide bonds. The number of aliphatic hydroxyl groups excluding tert-OH is 1. The maximum atomic E-state index is 9.51. The van der Waals surface area contributed by atoms with Gasteiger partial charge in [-0.05, 0) is 18.9 Å². The fourth-order valence-corrected chi connectivity index (χ4v) is 2.49. The number of ether oxygens (including phenoxy) is 2. The molecular weight excluding hydrogens is 232 g/mol. The molecule has 0 bridgehead atoms. The molecule has 0 spiro atoms. The van der Waals surface area contributed by atoms with Gasteiger partial charge in [0.15, 0.2) is 0 Å². The van der Waals surface area contributed by atoms with Crippen molar-refractivity contribution in [3.63, 3.8) is 0 Å². The molecule has 5 heteroatoms. The van der Waals surface area contributed by atoms with Crippen LogP contribution in [0.4, 0.5) is 0 Å². The molecule has 0 aliphatic carbocycles. The van der Waals surface area contributed by atoms with Crippen LogP contribution in [0.2, 0.25) is 0 Å². The standard InChI is InChI=1S/C13H18N2O3/c16-7-13(8-18-9-13)12-14-4-1-11(15-12)10-2-5-17-6-3-10/h1,4,10,16H,2-3,5-9H2. The van der Waals surface area contributed by atoms with E-state index in [1.807, 2.05) is 6.07 Å². The summed E-state index contributed by atoms with van der Waals surface area (Å²) in [7, 11) is 0. The molecule has 1 N–H and O–H groups in total. The van der Waals surface area contributed by atoms with Gasteiger partial charge in [-0.1, -0.05) is 0 Å². The molecule has 0 radical (unpaired) electrons. The molecule has 0 atom stereocenters. The lowest BCUT2D eigenvalue weighted by molar-refractivity contribution is -0.0885. The Kier molecular flexibility index (Phi) is 3.28. The zero-order chi connectivity index (χ0) is 12.4. The van der Waals surface area contributed by atoms with Gasteiger partial charge in [-0.3, -0.25) is 0 Å². The highest BCUT2D eigenvalue weighted by molar-refractivity contribution is 5.17. The predicted octanol–water partition coefficient (Wildman–Crippen LogP) is 0.631. The van der Waals surface area contributed by atoms with E-state index < -0.39 is 0 Å². The summed E-state index contributed by atoms with van der Waals surface area (Å²) in [6.07, 6.45) is 3.82. The zero-order valence-corrected chi connectivity index (χ0v) is 10.3. The molecule has 2 aliphatic heterocycles. The van der Waals surface area contributed by atoms with Crippen LogP contribution in [0.1, 0.15) is 30.3 Å². The highest BCUT2D eigenvalue weighted by Gasteiger charge is 2.43. The second kappa shape index (κ2) is 4.91. The number of hydrogen-bond acceptors (Lipinski definition) is 5. The summed E-state index contributed by atoms with van der Waals surface area (Å²) in [4.78, 5) is 8.97. The van der Waals surface area contributed by atoms with Crippen molar-refractivity contribution in [3.8, 4) is 0 Å². The van der Waals surface area contributed by atoms with E-state index in [-0.39, 0.29) is 12.0 Å². The first-order valence-electron chi connectivity index (χ1n) is 6.44. The normalized spacial score (nSPS) is 23.6. The van der Waals surface area contributed by atoms with Crippen LogP contribution in [0.3, 0.4) is 0 Å². The molecule has 1 aromatic rings. The third-order valence-corrected chi connectivity index (χ3v) is 3.85. The summed E-state index contributed by atoms with van der Waals surface area (Å²) in [5, 5.41) is 9.51. The maximum Gasteiger partial charge on any atom is 0.141 e. The van der Waals surface area contributed by atoms with Crippen molar-refractivity contribution in [2.75, 3.05) is 33.0 Å². The van der Waals surface area contributed by atoms with Gasteiger partial charge in [0.05, 0.1) is 25.2 Å². The number of aromatic nitrogens is 2. The summed E-state index contributed by atoms with van der Waals surface area (Å²) in [6.45, 7) is 2.68. The lowest BCUT2D eigenvalue weighted by Crippen LogP contribution is -2.51. The highest BCUT2D eigenvalue weighted by Crippen LogP contribution is 2.31. The first-order chi connectivity index (χ1) is 8.84. The van der Waals surface area contributed by atoms with E-state index >= 15 is 0 Å². The van der Waals surface area contributed by atoms with Crippen LogP contribution in [0, 0.1) is 0 Å². The molecule has 98 valence electrons. The van der Waals surface area contributed by atoms with Crippen LogP contribution < -0.4 is 0 Å². The van der Waals surface area contributed by atoms with Gasteiger partial charge in [-0.25, -0.2) is 9.97 Å². The Bertz CT molecular complexity index is 409. The molecule has 5 nitrogen and oxygen atoms in total. The lowest BCUT2D eigenvalue weighted by atomic mass is 9.85. The minimum absolute atomic E-state index is 0.0459. The van der Waals surface area contributed by atoms with E-state index in [0.29, 0.717) is 19.1 Å². The average molecular weight is 250 g/mol. The van der Waals surface area contributed by atoms with Gasteiger partial charge in [0.2, 0.25) is 0 Å². The topological polar surface area (TPSA) is 64.5 Å². The molecule has 2 aliphatic rings. The van der Waals surface area contributed by atoms with Gasteiger partial charge in [0, 0.05) is 31.0 Å². The maximum absolute atomic E-state index is 9.51. The Morgan fingerprint density at radius 3 is 2.67 bits per heavy atom. The summed E-state index contributed by atoms with van der Waals surface area (Å²) < 4.78 is 10.6. The summed E-state index contributed by atoms with van der Waals surface area (Å²) in [6, 6.07) is 1.98. The van der Waals surface area contributed by atoms with Gasteiger partial charge in [0.1, 0.15) is 5.82 Å². The average Bonchev–Trinajstić information content (AvgIpc) is 2.40. The fraction of sp³-hybridized carbons (Fsp3) is 0.692. The summed E-state index contributed by atoms with van der Waals surface area (Å²) in [5.41, 5.74) is 0.698. The molecular formula is C13H18N2O3. The van der Waals surface area contributed by atoms with Crippen molar-refractivity contribution in [3.05, 3.63) is 23.8 Å². The van der Waals surface area contributed by atoms with E-state index in [1.165, 1.54) is 0 Å². The van der Waals surface area contributed by atoms with E-state index in [0.717, 1.165) is 37.6 Å². The SMILES string of the molecule is OCC1(c2nccc(C3CCOCC3)n2)COC1. The Morgan fingerprint density at radius 1 is 1.28 bits per heavy atom. The molecule has 3 heterocycles. The predicted molar refractivity (Wildman–Crippen MR) is 64.4 cm³/mol. The minimum Gasteiger partial charge on any atom is -0.395 e. The van der Waals surface area contributed by atoms with Crippen LogP contribution in [0.5, 0.6) is 0 Å². The van der Waals surface area contributed by atoms with Gasteiger partial charge in [-0.2, -0.15) is 0 Å². The highest BCUT2D eigenvalue weighted by atomic mass is 16.5. The van der Waals surface area contributed by atoms with Crippen molar-refractivity contribution in [2.45, 2.75) is 24.2 Å². The third kappa shape index (κ3) is 2.02. The van der Waals surface area contributed by atoms with Gasteiger partial charge >= 0.3 is 0 Å². The van der Waals surface area contributed by atoms with Crippen molar-refractivity contribution in [1.82, 2.24) is 9.97 Å². The molecule has 3 rings (SSSR count). The monoisotopic (exact) mass is 250 g/mol. The third-order valence-electron chi connectivity index (χ3n) is 3.85. The largest absolute Gasteiger partial charge is 0.395 e. The summed E-state index contributed by atoms with van der Waals surface area (Å²) in [5.74, 6) is 1.18. The van der Waals surface area contributed by atoms with Gasteiger partial charge in [0.25, 0.3) is 0 Å². The number of rotatable bonds is 3. The van der Waals surface area contributed by atoms with E-state index in [1.54, 1.807) is 6.20 Å². The van der Waals surface area contributed by atoms with Crippen LogP contribution in [-0.2, 0) is 14.9 Å². The van der Waals surface area contributed by atoms with E-state index in [9.17, 15) is 5.11 Å². The Labute approximate surface area is 106 Å². The van der Waals surface area contributed by atoms with Crippen molar-refractivity contribution < 1.29 is 14.6 Å². The summed E-state index contributed by atoms with van der Waals surface area (Å²) >= 11 is 0. The van der Waals surface area contributed by atoms with Crippen LogP contribution in [0.15, 0.2) is 12.3 Å². The van der Waals surface area contributed by atoms with Crippen LogP contribution >= 0.6 is 0 Å². The molecule has 18 heavy (non-hydrogen) atoms. The molecule has 2 saturated heterocycles. The Hall–Kier alpha value is -1.04. The lowest BCUT2D eigenvalue weighted by Gasteiger charge is -2.38. The second-order valence-electron chi connectivity index (χ2n) is 5.12. The van der Waals surface area contributed by atoms with Gasteiger partial charge < -0.3 is 14.6 Å². The molecule has 0 aromatic carbocycles. The number of hydrogen-bond donors (Lipinski definition) is 1. The fourth-order valence-electron chi connectivity index (χ4n) is 2.49. The van der Waals surface area contributed by atoms with Crippen molar-refractivity contribution in [2.24, 2.45) is 0 Å². The van der Waals surface area contributed by atoms with Crippen molar-refractivity contribution in [1.29, 1.82) is 0 Å². The first kappa shape index (κ1) is 12.0. The Balaban J connectivity index is 1.84. The number of aliphatic hydroxyl groups is 1. The van der Waals surface area contributed by atoms with E-state index in [2.05, 4.69) is 9.97 Å². The van der Waals surface area contributed by atoms with E-state index in [4.69, 9.17) is 9.47 Å². The second-order valence-corrected chi connectivity index (χ2v) is 5.12. The minimum atomic E-state index is -0.374. The first-order valence-corrected chi connectivity index (χ1v) is 6.44. The van der Waals surface area contributed by atoms with Crippen LogP contribution in [0.25, 0.3) is 0 Å². The molecule has 0 unspecified atom stereocenters. The zero-order valence-electron chi connectivity index (χ0n) is 10.3. The molecule has 0 saturated carbocycles. The van der Waals surface area contributed by atoms with Crippen molar-refractivity contribution >= 4 is 0 Å². The van der Waals surface area contributed by atoms with Gasteiger partial charge in [-0.15, -0.1) is 0 Å². The Morgan fingerprint density at radius 2 is 2.06 bits per heavy atom. The molecule has 1 aromatic heterocycles. The smallest absolute Gasteiger partial charge is 0.141 e.